The van der Waals surface area contributed by atoms with Crippen molar-refractivity contribution in [3.63, 3.8) is 0 Å². The molecule has 2 rings (SSSR count). The van der Waals surface area contributed by atoms with Gasteiger partial charge < -0.3 is 14.8 Å². The van der Waals surface area contributed by atoms with Gasteiger partial charge in [-0.25, -0.2) is 0 Å². The average molecular weight is 348 g/mol. The molecule has 1 N–H and O–H groups in total. The van der Waals surface area contributed by atoms with Crippen LogP contribution >= 0.6 is 11.6 Å². The predicted octanol–water partition coefficient (Wildman–Crippen LogP) is 4.05. The van der Waals surface area contributed by atoms with E-state index in [2.05, 4.69) is 5.32 Å². The van der Waals surface area contributed by atoms with Gasteiger partial charge in [-0.15, -0.1) is 0 Å². The third-order valence-electron chi connectivity index (χ3n) is 3.72. The highest BCUT2D eigenvalue weighted by Crippen LogP contribution is 2.26. The monoisotopic (exact) mass is 347 g/mol. The Kier molecular flexibility index (Phi) is 6.10. The van der Waals surface area contributed by atoms with Gasteiger partial charge in [0.05, 0.1) is 7.11 Å². The van der Waals surface area contributed by atoms with Crippen LogP contribution in [-0.4, -0.2) is 19.1 Å². The number of nitrogens with one attached hydrogen (secondary N) is 1. The first-order valence-electron chi connectivity index (χ1n) is 7.74. The van der Waals surface area contributed by atoms with Gasteiger partial charge in [0.2, 0.25) is 0 Å². The zero-order valence-corrected chi connectivity index (χ0v) is 15.1. The summed E-state index contributed by atoms with van der Waals surface area (Å²) in [5, 5.41) is 3.59. The lowest BCUT2D eigenvalue weighted by atomic mass is 10.1. The van der Waals surface area contributed by atoms with Crippen molar-refractivity contribution in [2.24, 2.45) is 0 Å². The summed E-state index contributed by atoms with van der Waals surface area (Å²) in [6, 6.07) is 11.2. The maximum atomic E-state index is 12.2. The molecule has 4 nitrogen and oxygen atoms in total. The maximum Gasteiger partial charge on any atom is 0.261 e. The van der Waals surface area contributed by atoms with Gasteiger partial charge in [-0.05, 0) is 61.7 Å². The fourth-order valence-electron chi connectivity index (χ4n) is 2.31. The second kappa shape index (κ2) is 8.06. The lowest BCUT2D eigenvalue weighted by Crippen LogP contribution is -2.35. The van der Waals surface area contributed by atoms with Gasteiger partial charge in [-0.1, -0.05) is 23.7 Å². The van der Waals surface area contributed by atoms with Gasteiger partial charge in [0.25, 0.3) is 5.91 Å². The van der Waals surface area contributed by atoms with Crippen LogP contribution in [0.4, 0.5) is 0 Å². The molecule has 0 radical (unpaired) electrons. The lowest BCUT2D eigenvalue weighted by molar-refractivity contribution is -0.127. The molecule has 0 fully saturated rings. The van der Waals surface area contributed by atoms with Gasteiger partial charge >= 0.3 is 0 Å². The van der Waals surface area contributed by atoms with Crippen LogP contribution in [0.3, 0.4) is 0 Å². The van der Waals surface area contributed by atoms with Crippen molar-refractivity contribution in [3.05, 3.63) is 58.1 Å². The van der Waals surface area contributed by atoms with Crippen LogP contribution in [-0.2, 0) is 11.3 Å². The Morgan fingerprint density at radius 3 is 2.25 bits per heavy atom. The number of hydrogen-bond acceptors (Lipinski definition) is 3. The number of halogens is 1. The summed E-state index contributed by atoms with van der Waals surface area (Å²) >= 11 is 6.14. The fourth-order valence-corrected chi connectivity index (χ4v) is 2.42. The molecule has 2 aromatic carbocycles. The normalized spacial score (nSPS) is 11.7. The molecule has 24 heavy (non-hydrogen) atoms. The minimum absolute atomic E-state index is 0.170. The number of rotatable bonds is 6. The molecule has 2 aromatic rings. The summed E-state index contributed by atoms with van der Waals surface area (Å²) in [4.78, 5) is 12.2. The Morgan fingerprint density at radius 1 is 1.12 bits per heavy atom. The first kappa shape index (κ1) is 18.1. The number of benzene rings is 2. The molecule has 0 heterocycles. The number of ether oxygens (including phenoxy) is 2. The Hall–Kier alpha value is -2.20. The van der Waals surface area contributed by atoms with Crippen LogP contribution in [0.25, 0.3) is 0 Å². The minimum atomic E-state index is -0.594. The third-order valence-corrected chi connectivity index (χ3v) is 4.31. The van der Waals surface area contributed by atoms with E-state index in [-0.39, 0.29) is 5.91 Å². The van der Waals surface area contributed by atoms with Crippen LogP contribution in [0.15, 0.2) is 36.4 Å². The summed E-state index contributed by atoms with van der Waals surface area (Å²) in [6.07, 6.45) is -0.594. The van der Waals surface area contributed by atoms with Crippen molar-refractivity contribution < 1.29 is 14.3 Å². The van der Waals surface area contributed by atoms with E-state index in [1.807, 2.05) is 50.2 Å². The van der Waals surface area contributed by atoms with Crippen molar-refractivity contribution in [2.75, 3.05) is 7.11 Å². The molecular formula is C19H22ClNO3. The van der Waals surface area contributed by atoms with Gasteiger partial charge in [0, 0.05) is 11.6 Å². The van der Waals surface area contributed by atoms with Crippen LogP contribution in [0, 0.1) is 13.8 Å². The molecule has 5 heteroatoms. The van der Waals surface area contributed by atoms with E-state index in [9.17, 15) is 4.79 Å². The molecule has 0 aliphatic heterocycles. The second-order valence-corrected chi connectivity index (χ2v) is 6.07. The number of amides is 1. The summed E-state index contributed by atoms with van der Waals surface area (Å²) in [5.41, 5.74) is 2.85. The number of carbonyl (C=O) groups is 1. The predicted molar refractivity (Wildman–Crippen MR) is 95.9 cm³/mol. The van der Waals surface area contributed by atoms with E-state index in [1.54, 1.807) is 14.0 Å². The largest absolute Gasteiger partial charge is 0.497 e. The third kappa shape index (κ3) is 4.65. The summed E-state index contributed by atoms with van der Waals surface area (Å²) in [7, 11) is 1.62. The van der Waals surface area contributed by atoms with Crippen LogP contribution in [0.1, 0.15) is 23.6 Å². The highest BCUT2D eigenvalue weighted by atomic mass is 35.5. The number of carbonyl (C=O) groups excluding carboxylic acids is 1. The van der Waals surface area contributed by atoms with Crippen molar-refractivity contribution in [1.29, 1.82) is 0 Å². The molecule has 0 unspecified atom stereocenters. The zero-order valence-electron chi connectivity index (χ0n) is 14.4. The lowest BCUT2D eigenvalue weighted by Gasteiger charge is -2.16. The first-order chi connectivity index (χ1) is 11.4. The van der Waals surface area contributed by atoms with E-state index in [1.165, 1.54) is 0 Å². The van der Waals surface area contributed by atoms with E-state index in [0.717, 1.165) is 27.5 Å². The zero-order chi connectivity index (χ0) is 17.7. The molecule has 1 atom stereocenters. The van der Waals surface area contributed by atoms with E-state index in [0.29, 0.717) is 12.3 Å². The fraction of sp³-hybridized carbons (Fsp3) is 0.316. The molecule has 1 amide bonds. The maximum absolute atomic E-state index is 12.2. The molecule has 0 aliphatic carbocycles. The number of hydrogen-bond donors (Lipinski definition) is 1. The smallest absolute Gasteiger partial charge is 0.261 e. The van der Waals surface area contributed by atoms with Crippen LogP contribution in [0.2, 0.25) is 5.02 Å². The molecule has 128 valence electrons. The van der Waals surface area contributed by atoms with Crippen LogP contribution in [0.5, 0.6) is 11.5 Å². The van der Waals surface area contributed by atoms with E-state index >= 15 is 0 Å². The molecule has 0 aromatic heterocycles. The summed E-state index contributed by atoms with van der Waals surface area (Å²) in [6.45, 7) is 5.99. The van der Waals surface area contributed by atoms with Gasteiger partial charge in [-0.2, -0.15) is 0 Å². The molecule has 0 spiro atoms. The standard InChI is InChI=1S/C19H22ClNO3/c1-12-9-17(10-13(2)18(12)20)24-14(3)19(22)21-11-15-5-7-16(23-4)8-6-15/h5-10,14H,11H2,1-4H3,(H,21,22)/t14-/m1/s1. The van der Waals surface area contributed by atoms with E-state index < -0.39 is 6.10 Å². The van der Waals surface area contributed by atoms with Gasteiger partial charge in [0.1, 0.15) is 11.5 Å². The highest BCUT2D eigenvalue weighted by molar-refractivity contribution is 6.32. The number of aryl methyl sites for hydroxylation is 2. The highest BCUT2D eigenvalue weighted by Gasteiger charge is 2.15. The topological polar surface area (TPSA) is 47.6 Å². The summed E-state index contributed by atoms with van der Waals surface area (Å²) in [5.74, 6) is 1.26. The Labute approximate surface area is 147 Å². The molecule has 0 aliphatic rings. The van der Waals surface area contributed by atoms with Crippen LogP contribution < -0.4 is 14.8 Å². The molecule has 0 saturated carbocycles. The van der Waals surface area contributed by atoms with Gasteiger partial charge in [0.15, 0.2) is 6.10 Å². The minimum Gasteiger partial charge on any atom is -0.497 e. The summed E-state index contributed by atoms with van der Waals surface area (Å²) < 4.78 is 10.8. The molecule has 0 saturated heterocycles. The van der Waals surface area contributed by atoms with Crippen molar-refractivity contribution in [3.8, 4) is 11.5 Å². The van der Waals surface area contributed by atoms with Gasteiger partial charge in [-0.3, -0.25) is 4.79 Å². The van der Waals surface area contributed by atoms with Crippen molar-refractivity contribution in [2.45, 2.75) is 33.4 Å². The SMILES string of the molecule is COc1ccc(CNC(=O)[C@@H](C)Oc2cc(C)c(Cl)c(C)c2)cc1. The number of methoxy groups -OCH3 is 1. The Morgan fingerprint density at radius 2 is 1.71 bits per heavy atom. The molecular weight excluding hydrogens is 326 g/mol. The van der Waals surface area contributed by atoms with Crippen molar-refractivity contribution in [1.82, 2.24) is 5.32 Å². The Balaban J connectivity index is 1.92. The molecule has 0 bridgehead atoms. The Bertz CT molecular complexity index is 690. The van der Waals surface area contributed by atoms with Crippen molar-refractivity contribution >= 4 is 17.5 Å². The van der Waals surface area contributed by atoms with E-state index in [4.69, 9.17) is 21.1 Å². The first-order valence-corrected chi connectivity index (χ1v) is 8.12. The second-order valence-electron chi connectivity index (χ2n) is 5.70. The average Bonchev–Trinajstić information content (AvgIpc) is 2.57. The quantitative estimate of drug-likeness (QED) is 0.857.